The van der Waals surface area contributed by atoms with E-state index in [2.05, 4.69) is 10.6 Å². The highest BCUT2D eigenvalue weighted by atomic mass is 35.5. The van der Waals surface area contributed by atoms with Crippen LogP contribution in [0.3, 0.4) is 0 Å². The van der Waals surface area contributed by atoms with Crippen LogP contribution < -0.4 is 20.1 Å². The van der Waals surface area contributed by atoms with E-state index < -0.39 is 5.54 Å². The molecule has 0 aliphatic carbocycles. The van der Waals surface area contributed by atoms with E-state index in [0.717, 1.165) is 5.56 Å². The zero-order valence-electron chi connectivity index (χ0n) is 17.4. The van der Waals surface area contributed by atoms with Crippen LogP contribution in [0.5, 0.6) is 11.5 Å². The van der Waals surface area contributed by atoms with Gasteiger partial charge in [0.25, 0.3) is 0 Å². The van der Waals surface area contributed by atoms with Crippen LogP contribution in [0.2, 0.25) is 5.02 Å². The summed E-state index contributed by atoms with van der Waals surface area (Å²) in [5, 5.41) is 6.59. The molecule has 0 saturated heterocycles. The molecule has 2 aromatic rings. The van der Waals surface area contributed by atoms with Gasteiger partial charge in [0.1, 0.15) is 18.1 Å². The van der Waals surface area contributed by atoms with E-state index in [0.29, 0.717) is 29.7 Å². The van der Waals surface area contributed by atoms with Gasteiger partial charge in [0.15, 0.2) is 0 Å². The maximum atomic E-state index is 12.3. The van der Waals surface area contributed by atoms with Gasteiger partial charge in [0.2, 0.25) is 5.91 Å². The van der Waals surface area contributed by atoms with Crippen molar-refractivity contribution in [3.8, 4) is 11.5 Å². The second-order valence-electron chi connectivity index (χ2n) is 6.82. The van der Waals surface area contributed by atoms with Gasteiger partial charge in [-0.1, -0.05) is 23.7 Å². The first-order chi connectivity index (χ1) is 14.4. The maximum absolute atomic E-state index is 12.3. The van der Waals surface area contributed by atoms with Crippen LogP contribution >= 0.6 is 11.6 Å². The van der Waals surface area contributed by atoms with Gasteiger partial charge in [-0.3, -0.25) is 14.9 Å². The summed E-state index contributed by atoms with van der Waals surface area (Å²) >= 11 is 5.83. The van der Waals surface area contributed by atoms with Crippen molar-refractivity contribution in [2.75, 3.05) is 33.9 Å². The van der Waals surface area contributed by atoms with E-state index in [-0.39, 0.29) is 24.8 Å². The largest absolute Gasteiger partial charge is 0.497 e. The molecule has 1 atom stereocenters. The van der Waals surface area contributed by atoms with Gasteiger partial charge in [-0.15, -0.1) is 0 Å². The van der Waals surface area contributed by atoms with Crippen LogP contribution in [-0.4, -0.2) is 45.8 Å². The Morgan fingerprint density at radius 1 is 1.07 bits per heavy atom. The molecular weight excluding hydrogens is 408 g/mol. The number of methoxy groups -OCH3 is 2. The van der Waals surface area contributed by atoms with Crippen LogP contribution in [0, 0.1) is 0 Å². The lowest BCUT2D eigenvalue weighted by atomic mass is 9.88. The maximum Gasteiger partial charge on any atom is 0.307 e. The summed E-state index contributed by atoms with van der Waals surface area (Å²) in [5.41, 5.74) is 0.00446. The van der Waals surface area contributed by atoms with E-state index in [1.165, 1.54) is 7.11 Å². The average molecular weight is 435 g/mol. The lowest BCUT2D eigenvalue weighted by Crippen LogP contribution is -2.47. The van der Waals surface area contributed by atoms with Crippen molar-refractivity contribution >= 4 is 23.5 Å². The first kappa shape index (κ1) is 23.5. The second-order valence-corrected chi connectivity index (χ2v) is 7.26. The molecule has 7 nitrogen and oxygen atoms in total. The van der Waals surface area contributed by atoms with Crippen molar-refractivity contribution in [1.29, 1.82) is 0 Å². The normalized spacial score (nSPS) is 12.5. The number of amides is 1. The van der Waals surface area contributed by atoms with Gasteiger partial charge >= 0.3 is 5.97 Å². The number of nitrogens with one attached hydrogen (secondary N) is 2. The zero-order chi connectivity index (χ0) is 22.0. The highest BCUT2D eigenvalue weighted by Gasteiger charge is 2.30. The second kappa shape index (κ2) is 11.4. The van der Waals surface area contributed by atoms with E-state index in [4.69, 9.17) is 25.8 Å². The predicted molar refractivity (Wildman–Crippen MR) is 115 cm³/mol. The number of carbonyl (C=O) groups is 2. The highest BCUT2D eigenvalue weighted by Crippen LogP contribution is 2.28. The number of ether oxygens (including phenoxy) is 3. The fourth-order valence-electron chi connectivity index (χ4n) is 2.82. The molecule has 30 heavy (non-hydrogen) atoms. The van der Waals surface area contributed by atoms with Crippen molar-refractivity contribution < 1.29 is 23.8 Å². The molecule has 0 radical (unpaired) electrons. The van der Waals surface area contributed by atoms with Gasteiger partial charge in [-0.05, 0) is 48.9 Å². The van der Waals surface area contributed by atoms with Gasteiger partial charge in [-0.2, -0.15) is 0 Å². The highest BCUT2D eigenvalue weighted by molar-refractivity contribution is 6.30. The zero-order valence-corrected chi connectivity index (χ0v) is 18.1. The summed E-state index contributed by atoms with van der Waals surface area (Å²) in [6, 6.07) is 14.3. The molecule has 0 aliphatic rings. The number of rotatable bonds is 11. The standard InChI is InChI=1S/C22H27ClN2O5/c1-22(14-21(27)29-3,16-5-4-6-19(13-16)28-2)25-15-20(26)24-11-12-30-18-9-7-17(23)8-10-18/h4-10,13,25H,11-12,14-15H2,1-3H3,(H,24,26)/t22-/m0/s1. The first-order valence-electron chi connectivity index (χ1n) is 9.48. The number of halogens is 1. The lowest BCUT2D eigenvalue weighted by Gasteiger charge is -2.30. The molecular formula is C22H27ClN2O5. The third-order valence-electron chi connectivity index (χ3n) is 4.58. The Labute approximate surface area is 181 Å². The van der Waals surface area contributed by atoms with Crippen molar-refractivity contribution in [2.24, 2.45) is 0 Å². The molecule has 0 spiro atoms. The fraction of sp³-hybridized carbons (Fsp3) is 0.364. The molecule has 0 saturated carbocycles. The topological polar surface area (TPSA) is 85.9 Å². The molecule has 0 bridgehead atoms. The van der Waals surface area contributed by atoms with Gasteiger partial charge < -0.3 is 19.5 Å². The lowest BCUT2D eigenvalue weighted by molar-refractivity contribution is -0.142. The molecule has 0 fully saturated rings. The molecule has 1 amide bonds. The monoisotopic (exact) mass is 434 g/mol. The van der Waals surface area contributed by atoms with Gasteiger partial charge in [0.05, 0.1) is 39.3 Å². The Morgan fingerprint density at radius 2 is 1.80 bits per heavy atom. The summed E-state index contributed by atoms with van der Waals surface area (Å²) in [6.07, 6.45) is 0.0592. The first-order valence-corrected chi connectivity index (χ1v) is 9.85. The number of hydrogen-bond donors (Lipinski definition) is 2. The summed E-state index contributed by atoms with van der Waals surface area (Å²) < 4.78 is 15.6. The molecule has 8 heteroatoms. The van der Waals surface area contributed by atoms with E-state index >= 15 is 0 Å². The minimum Gasteiger partial charge on any atom is -0.497 e. The number of esters is 1. The summed E-state index contributed by atoms with van der Waals surface area (Å²) in [4.78, 5) is 24.2. The minimum absolute atomic E-state index is 0.0195. The van der Waals surface area contributed by atoms with Crippen molar-refractivity contribution in [3.05, 3.63) is 59.1 Å². The summed E-state index contributed by atoms with van der Waals surface area (Å²) in [6.45, 7) is 2.53. The molecule has 0 heterocycles. The Balaban J connectivity index is 1.89. The number of carbonyl (C=O) groups excluding carboxylic acids is 2. The number of hydrogen-bond acceptors (Lipinski definition) is 6. The SMILES string of the molecule is COC(=O)C[C@](C)(NCC(=O)NCCOc1ccc(Cl)cc1)c1cccc(OC)c1. The third kappa shape index (κ3) is 7.24. The third-order valence-corrected chi connectivity index (χ3v) is 4.83. The summed E-state index contributed by atoms with van der Waals surface area (Å²) in [5.74, 6) is 0.739. The predicted octanol–water partition coefficient (Wildman–Crippen LogP) is 2.91. The fourth-order valence-corrected chi connectivity index (χ4v) is 2.95. The molecule has 2 aromatic carbocycles. The molecule has 162 valence electrons. The smallest absolute Gasteiger partial charge is 0.307 e. The van der Waals surface area contributed by atoms with Crippen molar-refractivity contribution in [2.45, 2.75) is 18.9 Å². The van der Waals surface area contributed by atoms with Crippen molar-refractivity contribution in [3.63, 3.8) is 0 Å². The van der Waals surface area contributed by atoms with Gasteiger partial charge in [0, 0.05) is 5.02 Å². The Hall–Kier alpha value is -2.77. The van der Waals surface area contributed by atoms with Crippen molar-refractivity contribution in [1.82, 2.24) is 10.6 Å². The molecule has 0 aromatic heterocycles. The minimum atomic E-state index is -0.807. The van der Waals surface area contributed by atoms with Crippen LogP contribution in [0.15, 0.2) is 48.5 Å². The average Bonchev–Trinajstić information content (AvgIpc) is 2.76. The molecule has 0 aliphatic heterocycles. The molecule has 0 unspecified atom stereocenters. The van der Waals surface area contributed by atoms with Crippen LogP contribution in [0.1, 0.15) is 18.9 Å². The van der Waals surface area contributed by atoms with Crippen LogP contribution in [0.4, 0.5) is 0 Å². The van der Waals surface area contributed by atoms with Crippen LogP contribution in [-0.2, 0) is 19.9 Å². The van der Waals surface area contributed by atoms with E-state index in [1.807, 2.05) is 31.2 Å². The quantitative estimate of drug-likeness (QED) is 0.418. The Bertz CT molecular complexity index is 844. The number of benzene rings is 2. The van der Waals surface area contributed by atoms with Gasteiger partial charge in [-0.25, -0.2) is 0 Å². The Kier molecular flexibility index (Phi) is 8.95. The molecule has 2 rings (SSSR count). The van der Waals surface area contributed by atoms with E-state index in [1.54, 1.807) is 31.4 Å². The van der Waals surface area contributed by atoms with E-state index in [9.17, 15) is 9.59 Å². The Morgan fingerprint density at radius 3 is 2.47 bits per heavy atom. The van der Waals surface area contributed by atoms with Crippen LogP contribution in [0.25, 0.3) is 0 Å². The summed E-state index contributed by atoms with van der Waals surface area (Å²) in [7, 11) is 2.91. The molecule has 2 N–H and O–H groups in total.